The number of pyridine rings is 2. The van der Waals surface area contributed by atoms with Crippen molar-refractivity contribution < 1.29 is 9.59 Å². The first-order valence-corrected chi connectivity index (χ1v) is 18.5. The third kappa shape index (κ3) is 8.03. The standard InChI is InChI=1S/C43H46N8O2/c1-28-12-10-21-44-38(28)36-16-9-17-37(39-29(2)13-11-22-45-39)51(36)23-8-7-20-46-43(53)35-25-34-40(48-27-49-41(34)50-35)32-18-19-33(30(3)24-32)26-47-42(52)31-14-5-4-6-15-31/h4-6,10-15,18-19,21-22,24-25,27,36-37H,7-9,16-17,20,23,26H2,1-3H3,(H,46,53)(H,47,52)(H,48,49,50)/t36-,37+. The minimum atomic E-state index is -0.170. The number of carbonyl (C=O) groups excluding carboxylic acids is 2. The zero-order valence-electron chi connectivity index (χ0n) is 30.6. The van der Waals surface area contributed by atoms with Gasteiger partial charge in [0.05, 0.1) is 29.2 Å². The van der Waals surface area contributed by atoms with Crippen LogP contribution in [0.2, 0.25) is 0 Å². The number of nitrogens with zero attached hydrogens (tertiary/aromatic N) is 5. The molecule has 10 heteroatoms. The molecule has 0 bridgehead atoms. The Morgan fingerprint density at radius 2 is 1.47 bits per heavy atom. The van der Waals surface area contributed by atoms with Crippen molar-refractivity contribution in [3.8, 4) is 11.3 Å². The van der Waals surface area contributed by atoms with Crippen LogP contribution in [0.5, 0.6) is 0 Å². The van der Waals surface area contributed by atoms with Crippen LogP contribution in [-0.2, 0) is 6.54 Å². The van der Waals surface area contributed by atoms with Gasteiger partial charge < -0.3 is 15.6 Å². The number of nitrogens with one attached hydrogen (secondary N) is 3. The average molecular weight is 707 g/mol. The Morgan fingerprint density at radius 1 is 0.755 bits per heavy atom. The molecule has 0 unspecified atom stereocenters. The Balaban J connectivity index is 0.983. The second-order valence-electron chi connectivity index (χ2n) is 13.9. The van der Waals surface area contributed by atoms with Crippen LogP contribution in [0.25, 0.3) is 22.3 Å². The second kappa shape index (κ2) is 16.3. The van der Waals surface area contributed by atoms with E-state index in [2.05, 4.69) is 62.5 Å². The van der Waals surface area contributed by atoms with E-state index in [0.29, 0.717) is 30.0 Å². The van der Waals surface area contributed by atoms with Gasteiger partial charge in [0.2, 0.25) is 0 Å². The van der Waals surface area contributed by atoms with Crippen LogP contribution in [0.15, 0.2) is 97.6 Å². The van der Waals surface area contributed by atoms with Gasteiger partial charge in [-0.05, 0) is 118 Å². The first kappa shape index (κ1) is 35.7. The molecular formula is C43H46N8O2. The van der Waals surface area contributed by atoms with Gasteiger partial charge in [-0.2, -0.15) is 0 Å². The van der Waals surface area contributed by atoms with Crippen molar-refractivity contribution in [1.29, 1.82) is 0 Å². The predicted molar refractivity (Wildman–Crippen MR) is 207 cm³/mol. The fraction of sp³-hybridized carbons (Fsp3) is 0.302. The average Bonchev–Trinajstić information content (AvgIpc) is 3.63. The number of aromatic nitrogens is 5. The highest BCUT2D eigenvalue weighted by atomic mass is 16.2. The lowest BCUT2D eigenvalue weighted by molar-refractivity contribution is 0.0740. The lowest BCUT2D eigenvalue weighted by Crippen LogP contribution is -2.38. The summed E-state index contributed by atoms with van der Waals surface area (Å²) in [6.45, 7) is 8.19. The van der Waals surface area contributed by atoms with Gasteiger partial charge >= 0.3 is 0 Å². The van der Waals surface area contributed by atoms with Crippen LogP contribution >= 0.6 is 0 Å². The van der Waals surface area contributed by atoms with Crippen molar-refractivity contribution in [2.75, 3.05) is 13.1 Å². The Kier molecular flexibility index (Phi) is 11.0. The largest absolute Gasteiger partial charge is 0.351 e. The lowest BCUT2D eigenvalue weighted by Gasteiger charge is -2.42. The van der Waals surface area contributed by atoms with E-state index >= 15 is 0 Å². The summed E-state index contributed by atoms with van der Waals surface area (Å²) < 4.78 is 0. The molecule has 53 heavy (non-hydrogen) atoms. The third-order valence-electron chi connectivity index (χ3n) is 10.4. The van der Waals surface area contributed by atoms with Crippen molar-refractivity contribution in [2.24, 2.45) is 0 Å². The highest BCUT2D eigenvalue weighted by molar-refractivity contribution is 6.00. The van der Waals surface area contributed by atoms with Gasteiger partial charge in [0, 0.05) is 42.0 Å². The first-order chi connectivity index (χ1) is 25.9. The Morgan fingerprint density at radius 3 is 2.15 bits per heavy atom. The molecule has 3 N–H and O–H groups in total. The highest BCUT2D eigenvalue weighted by Gasteiger charge is 2.35. The number of hydrogen-bond acceptors (Lipinski definition) is 7. The second-order valence-corrected chi connectivity index (χ2v) is 13.9. The summed E-state index contributed by atoms with van der Waals surface area (Å²) in [4.78, 5) is 50.4. The van der Waals surface area contributed by atoms with E-state index in [1.54, 1.807) is 12.1 Å². The van der Waals surface area contributed by atoms with E-state index in [1.807, 2.05) is 67.8 Å². The molecule has 0 saturated carbocycles. The minimum Gasteiger partial charge on any atom is -0.351 e. The van der Waals surface area contributed by atoms with E-state index in [1.165, 1.54) is 17.5 Å². The minimum absolute atomic E-state index is 0.111. The van der Waals surface area contributed by atoms with E-state index in [0.717, 1.165) is 77.8 Å². The van der Waals surface area contributed by atoms with Crippen molar-refractivity contribution in [3.63, 3.8) is 0 Å². The number of fused-ring (bicyclic) bond motifs is 1. The molecule has 0 radical (unpaired) electrons. The molecule has 1 fully saturated rings. The first-order valence-electron chi connectivity index (χ1n) is 18.5. The summed E-state index contributed by atoms with van der Waals surface area (Å²) in [5, 5.41) is 6.89. The molecule has 10 nitrogen and oxygen atoms in total. The molecule has 6 aromatic rings. The number of likely N-dealkylation sites (tertiary alicyclic amines) is 1. The van der Waals surface area contributed by atoms with Crippen LogP contribution in [0.3, 0.4) is 0 Å². The quantitative estimate of drug-likeness (QED) is 0.111. The van der Waals surface area contributed by atoms with Crippen LogP contribution in [0.4, 0.5) is 0 Å². The summed E-state index contributed by atoms with van der Waals surface area (Å²) in [7, 11) is 0. The number of hydrogen-bond donors (Lipinski definition) is 3. The topological polar surface area (TPSA) is 129 Å². The number of piperidine rings is 1. The molecule has 2 atom stereocenters. The summed E-state index contributed by atoms with van der Waals surface area (Å²) in [5.74, 6) is -0.281. The molecule has 1 aliphatic rings. The van der Waals surface area contributed by atoms with Crippen molar-refractivity contribution in [2.45, 2.75) is 71.5 Å². The number of rotatable bonds is 12. The molecule has 0 aliphatic carbocycles. The molecule has 1 saturated heterocycles. The zero-order chi connectivity index (χ0) is 36.7. The van der Waals surface area contributed by atoms with E-state index in [4.69, 9.17) is 9.97 Å². The molecule has 5 heterocycles. The molecule has 7 rings (SSSR count). The summed E-state index contributed by atoms with van der Waals surface area (Å²) in [6, 6.07) is 25.8. The number of benzene rings is 2. The van der Waals surface area contributed by atoms with Crippen LogP contribution in [-0.4, -0.2) is 54.7 Å². The van der Waals surface area contributed by atoms with Crippen LogP contribution in [0.1, 0.15) is 98.7 Å². The third-order valence-corrected chi connectivity index (χ3v) is 10.4. The van der Waals surface area contributed by atoms with E-state index < -0.39 is 0 Å². The fourth-order valence-electron chi connectivity index (χ4n) is 7.56. The van der Waals surface area contributed by atoms with Crippen LogP contribution in [0, 0.1) is 20.8 Å². The fourth-order valence-corrected chi connectivity index (χ4v) is 7.56. The maximum Gasteiger partial charge on any atom is 0.267 e. The zero-order valence-corrected chi connectivity index (χ0v) is 30.6. The monoisotopic (exact) mass is 706 g/mol. The van der Waals surface area contributed by atoms with Crippen molar-refractivity contribution in [1.82, 2.24) is 40.5 Å². The van der Waals surface area contributed by atoms with Gasteiger partial charge in [0.1, 0.15) is 17.7 Å². The molecule has 270 valence electrons. The van der Waals surface area contributed by atoms with Gasteiger partial charge in [0.25, 0.3) is 11.8 Å². The van der Waals surface area contributed by atoms with Gasteiger partial charge in [0.15, 0.2) is 0 Å². The normalized spacial score (nSPS) is 16.1. The van der Waals surface area contributed by atoms with Crippen molar-refractivity contribution >= 4 is 22.8 Å². The van der Waals surface area contributed by atoms with Gasteiger partial charge in [-0.3, -0.25) is 24.5 Å². The maximum absolute atomic E-state index is 13.4. The molecule has 0 spiro atoms. The smallest absolute Gasteiger partial charge is 0.267 e. The number of aryl methyl sites for hydroxylation is 3. The van der Waals surface area contributed by atoms with E-state index in [9.17, 15) is 9.59 Å². The van der Waals surface area contributed by atoms with Crippen molar-refractivity contribution in [3.05, 3.63) is 142 Å². The summed E-state index contributed by atoms with van der Waals surface area (Å²) in [5.41, 5.74) is 10.1. The molecule has 2 aromatic carbocycles. The lowest BCUT2D eigenvalue weighted by atomic mass is 9.88. The number of amides is 2. The predicted octanol–water partition coefficient (Wildman–Crippen LogP) is 7.75. The highest BCUT2D eigenvalue weighted by Crippen LogP contribution is 2.42. The Labute approximate surface area is 310 Å². The Hall–Kier alpha value is -5.74. The molecule has 2 amide bonds. The summed E-state index contributed by atoms with van der Waals surface area (Å²) >= 11 is 0. The molecule has 4 aromatic heterocycles. The SMILES string of the molecule is Cc1cc(-c2ncnc3[nH]c(C(=O)NCCCCN4[C@@H](c5ncccc5C)CCC[C@H]4c4ncccc4C)cc23)ccc1CNC(=O)c1ccccc1. The number of H-pyrrole nitrogens is 1. The van der Waals surface area contributed by atoms with Crippen LogP contribution < -0.4 is 10.6 Å². The van der Waals surface area contributed by atoms with Gasteiger partial charge in [-0.1, -0.05) is 42.5 Å². The van der Waals surface area contributed by atoms with Gasteiger partial charge in [-0.25, -0.2) is 9.97 Å². The number of unbranched alkanes of at least 4 members (excludes halogenated alkanes) is 1. The Bertz CT molecular complexity index is 2160. The summed E-state index contributed by atoms with van der Waals surface area (Å²) in [6.07, 6.45) is 10.3. The molecular weight excluding hydrogens is 661 g/mol. The molecule has 1 aliphatic heterocycles. The number of carbonyl (C=O) groups is 2. The van der Waals surface area contributed by atoms with Gasteiger partial charge in [-0.15, -0.1) is 0 Å². The maximum atomic E-state index is 13.4. The number of aromatic amines is 1. The van der Waals surface area contributed by atoms with E-state index in [-0.39, 0.29) is 23.9 Å².